The number of nitrogens with one attached hydrogen (secondary N) is 1. The van der Waals surface area contributed by atoms with Crippen LogP contribution in [0.5, 0.6) is 0 Å². The second-order valence-corrected chi connectivity index (χ2v) is 12.3. The SMILES string of the molecule is CN1CCN(Cc2cnc3ccc(F)cn3c2=O)C2(CCCC2)C1.O=CN1CCC(NCC(F)F)CC1c1cc(F)ccc1F. The Bertz CT molecular complexity index is 1530. The molecule has 13 heteroatoms. The zero-order valence-electron chi connectivity index (χ0n) is 25.3. The molecule has 2 atom stereocenters. The molecule has 45 heavy (non-hydrogen) atoms. The Morgan fingerprint density at radius 1 is 1.07 bits per heavy atom. The monoisotopic (exact) mass is 634 g/mol. The number of carbonyl (C=O) groups excluding carboxylic acids is 1. The van der Waals surface area contributed by atoms with Gasteiger partial charge in [-0.25, -0.2) is 26.9 Å². The maximum absolute atomic E-state index is 13.9. The number of nitrogens with zero attached hydrogens (tertiary/aromatic N) is 5. The predicted octanol–water partition coefficient (Wildman–Crippen LogP) is 4.38. The Balaban J connectivity index is 0.000000180. The Labute approximate surface area is 258 Å². The van der Waals surface area contributed by atoms with Gasteiger partial charge in [0.2, 0.25) is 6.41 Å². The van der Waals surface area contributed by atoms with Crippen LogP contribution in [0.25, 0.3) is 5.65 Å². The molecule has 0 bridgehead atoms. The van der Waals surface area contributed by atoms with E-state index in [0.717, 1.165) is 37.8 Å². The number of piperidine rings is 1. The van der Waals surface area contributed by atoms with Crippen molar-refractivity contribution in [3.05, 3.63) is 81.7 Å². The van der Waals surface area contributed by atoms with Crippen LogP contribution in [0.1, 0.15) is 55.7 Å². The van der Waals surface area contributed by atoms with Crippen molar-refractivity contribution in [3.8, 4) is 0 Å². The number of carbonyl (C=O) groups is 1. The summed E-state index contributed by atoms with van der Waals surface area (Å²) in [4.78, 5) is 34.4. The number of rotatable bonds is 7. The Morgan fingerprint density at radius 2 is 1.82 bits per heavy atom. The van der Waals surface area contributed by atoms with E-state index in [2.05, 4.69) is 27.1 Å². The molecule has 0 radical (unpaired) electrons. The first-order valence-corrected chi connectivity index (χ1v) is 15.4. The minimum absolute atomic E-state index is 0.0747. The molecule has 244 valence electrons. The van der Waals surface area contributed by atoms with Crippen molar-refractivity contribution >= 4 is 12.1 Å². The third kappa shape index (κ3) is 7.70. The highest BCUT2D eigenvalue weighted by atomic mass is 19.3. The molecular weight excluding hydrogens is 595 g/mol. The average molecular weight is 635 g/mol. The lowest BCUT2D eigenvalue weighted by atomic mass is 9.91. The molecule has 1 aliphatic carbocycles. The van der Waals surface area contributed by atoms with Crippen molar-refractivity contribution in [2.24, 2.45) is 0 Å². The van der Waals surface area contributed by atoms with E-state index >= 15 is 0 Å². The number of benzene rings is 1. The summed E-state index contributed by atoms with van der Waals surface area (Å²) in [5.74, 6) is -1.63. The van der Waals surface area contributed by atoms with Gasteiger partial charge in [0.05, 0.1) is 18.2 Å². The van der Waals surface area contributed by atoms with E-state index in [0.29, 0.717) is 37.1 Å². The smallest absolute Gasteiger partial charge is 0.262 e. The normalized spacial score (nSPS) is 22.2. The van der Waals surface area contributed by atoms with E-state index in [9.17, 15) is 31.5 Å². The van der Waals surface area contributed by atoms with Gasteiger partial charge in [-0.2, -0.15) is 0 Å². The number of hydrogen-bond donors (Lipinski definition) is 1. The molecule has 2 saturated heterocycles. The van der Waals surface area contributed by atoms with Crippen LogP contribution in [-0.4, -0.2) is 88.3 Å². The molecule has 3 fully saturated rings. The summed E-state index contributed by atoms with van der Waals surface area (Å²) in [5, 5.41) is 2.69. The Kier molecular flexibility index (Phi) is 10.5. The molecule has 1 saturated carbocycles. The van der Waals surface area contributed by atoms with Crippen molar-refractivity contribution in [2.75, 3.05) is 39.8 Å². The molecular formula is C32H39F5N6O2. The second kappa shape index (κ2) is 14.3. The fourth-order valence-electron chi connectivity index (χ4n) is 6.99. The summed E-state index contributed by atoms with van der Waals surface area (Å²) in [5.41, 5.74) is 1.23. The van der Waals surface area contributed by atoms with Gasteiger partial charge in [-0.3, -0.25) is 18.9 Å². The number of hydrogen-bond acceptors (Lipinski definition) is 6. The van der Waals surface area contributed by atoms with Gasteiger partial charge in [0.15, 0.2) is 0 Å². The lowest BCUT2D eigenvalue weighted by molar-refractivity contribution is -0.122. The first-order valence-electron chi connectivity index (χ1n) is 15.4. The number of fused-ring (bicyclic) bond motifs is 1. The second-order valence-electron chi connectivity index (χ2n) is 12.3. The number of likely N-dealkylation sites (N-methyl/N-ethyl adjacent to an activating group) is 1. The fraction of sp³-hybridized carbons (Fsp3) is 0.531. The summed E-state index contributed by atoms with van der Waals surface area (Å²) >= 11 is 0. The third-order valence-electron chi connectivity index (χ3n) is 9.28. The molecule has 3 aliphatic rings. The van der Waals surface area contributed by atoms with Crippen molar-refractivity contribution in [3.63, 3.8) is 0 Å². The van der Waals surface area contributed by atoms with E-state index in [-0.39, 0.29) is 29.1 Å². The van der Waals surface area contributed by atoms with Crippen LogP contribution in [-0.2, 0) is 11.3 Å². The Hall–Kier alpha value is -3.42. The fourth-order valence-corrected chi connectivity index (χ4v) is 6.99. The number of aromatic nitrogens is 2. The van der Waals surface area contributed by atoms with Gasteiger partial charge < -0.3 is 15.1 Å². The standard InChI is InChI=1S/C18H23FN4O.C14H16F4N2O/c1-21-8-9-22(18(13-21)6-2-3-7-18)11-14-10-20-16-5-4-15(19)12-23(16)17(14)24;15-9-1-2-12(16)11(5-9)13-6-10(19-7-14(17)18)3-4-20(13)8-21/h4-5,10,12H,2-3,6-9,11,13H2,1H3;1-2,5,8,10,13-14,19H,3-4,6-7H2. The molecule has 1 spiro atoms. The number of alkyl halides is 2. The minimum atomic E-state index is -2.47. The molecule has 2 aliphatic heterocycles. The zero-order chi connectivity index (χ0) is 32.1. The highest BCUT2D eigenvalue weighted by molar-refractivity contribution is 5.49. The van der Waals surface area contributed by atoms with Crippen LogP contribution in [0, 0.1) is 17.5 Å². The molecule has 3 aromatic rings. The van der Waals surface area contributed by atoms with Crippen molar-refractivity contribution in [1.82, 2.24) is 29.4 Å². The van der Waals surface area contributed by atoms with Crippen LogP contribution < -0.4 is 10.9 Å². The largest absolute Gasteiger partial charge is 0.338 e. The minimum Gasteiger partial charge on any atom is -0.338 e. The van der Waals surface area contributed by atoms with Gasteiger partial charge in [0.25, 0.3) is 12.0 Å². The van der Waals surface area contributed by atoms with Crippen LogP contribution in [0.2, 0.25) is 0 Å². The van der Waals surface area contributed by atoms with Crippen LogP contribution in [0.3, 0.4) is 0 Å². The van der Waals surface area contributed by atoms with E-state index in [1.54, 1.807) is 6.20 Å². The topological polar surface area (TPSA) is 73.2 Å². The van der Waals surface area contributed by atoms with Gasteiger partial charge in [0.1, 0.15) is 23.1 Å². The summed E-state index contributed by atoms with van der Waals surface area (Å²) in [6.07, 6.45) is 6.65. The lowest BCUT2D eigenvalue weighted by Gasteiger charge is -2.48. The number of halogens is 5. The molecule has 2 unspecified atom stereocenters. The van der Waals surface area contributed by atoms with Crippen molar-refractivity contribution < 1.29 is 26.7 Å². The maximum atomic E-state index is 13.9. The van der Waals surface area contributed by atoms with Crippen LogP contribution in [0.4, 0.5) is 22.0 Å². The van der Waals surface area contributed by atoms with Gasteiger partial charge >= 0.3 is 0 Å². The van der Waals surface area contributed by atoms with Crippen LogP contribution in [0.15, 0.2) is 47.5 Å². The number of piperazine rings is 1. The van der Waals surface area contributed by atoms with E-state index in [1.165, 1.54) is 53.3 Å². The Morgan fingerprint density at radius 3 is 2.56 bits per heavy atom. The molecule has 1 amide bonds. The highest BCUT2D eigenvalue weighted by Crippen LogP contribution is 2.38. The maximum Gasteiger partial charge on any atom is 0.262 e. The van der Waals surface area contributed by atoms with Gasteiger partial charge in [-0.15, -0.1) is 0 Å². The van der Waals surface area contributed by atoms with Crippen molar-refractivity contribution in [1.29, 1.82) is 0 Å². The van der Waals surface area contributed by atoms with E-state index in [1.807, 2.05) is 0 Å². The first kappa shape index (κ1) is 33.0. The summed E-state index contributed by atoms with van der Waals surface area (Å²) < 4.78 is 66.4. The predicted molar refractivity (Wildman–Crippen MR) is 159 cm³/mol. The molecule has 1 aromatic carbocycles. The van der Waals surface area contributed by atoms with Gasteiger partial charge in [-0.05, 0) is 63.1 Å². The molecule has 4 heterocycles. The molecule has 6 rings (SSSR count). The zero-order valence-corrected chi connectivity index (χ0v) is 25.3. The van der Waals surface area contributed by atoms with Crippen molar-refractivity contribution in [2.45, 2.75) is 69.1 Å². The van der Waals surface area contributed by atoms with Gasteiger partial charge in [-0.1, -0.05) is 12.8 Å². The van der Waals surface area contributed by atoms with E-state index in [4.69, 9.17) is 0 Å². The van der Waals surface area contributed by atoms with Gasteiger partial charge in [0, 0.05) is 62.3 Å². The summed E-state index contributed by atoms with van der Waals surface area (Å²) in [7, 11) is 2.17. The lowest BCUT2D eigenvalue weighted by Crippen LogP contribution is -2.59. The molecule has 1 N–H and O–H groups in total. The highest BCUT2D eigenvalue weighted by Gasteiger charge is 2.43. The third-order valence-corrected chi connectivity index (χ3v) is 9.28. The number of amides is 1. The summed E-state index contributed by atoms with van der Waals surface area (Å²) in [6.45, 7) is 3.48. The van der Waals surface area contributed by atoms with Crippen LogP contribution >= 0.6 is 0 Å². The number of likely N-dealkylation sites (tertiary alicyclic amines) is 1. The average Bonchev–Trinajstić information content (AvgIpc) is 3.48. The first-order chi connectivity index (χ1) is 21.6. The molecule has 8 nitrogen and oxygen atoms in total. The van der Waals surface area contributed by atoms with E-state index < -0.39 is 36.5 Å². The molecule has 2 aromatic heterocycles. The summed E-state index contributed by atoms with van der Waals surface area (Å²) in [6, 6.07) is 5.00. The number of pyridine rings is 1. The quantitative estimate of drug-likeness (QED) is 0.308.